The van der Waals surface area contributed by atoms with Gasteiger partial charge in [0.2, 0.25) is 11.8 Å². The van der Waals surface area contributed by atoms with E-state index in [4.69, 9.17) is 5.84 Å². The van der Waals surface area contributed by atoms with Crippen molar-refractivity contribution in [2.75, 3.05) is 22.2 Å². The molecule has 0 spiro atoms. The van der Waals surface area contributed by atoms with Crippen LogP contribution in [0.25, 0.3) is 0 Å². The van der Waals surface area contributed by atoms with E-state index in [-0.39, 0.29) is 23.5 Å². The van der Waals surface area contributed by atoms with Crippen LogP contribution < -0.4 is 16.6 Å². The predicted molar refractivity (Wildman–Crippen MR) is 71.0 cm³/mol. The molecule has 1 aromatic heterocycles. The fourth-order valence-corrected chi connectivity index (χ4v) is 3.12. The summed E-state index contributed by atoms with van der Waals surface area (Å²) < 4.78 is 11.3. The van der Waals surface area contributed by atoms with Gasteiger partial charge in [-0.3, -0.25) is 19.7 Å². The maximum absolute atomic E-state index is 11.3. The zero-order valence-corrected chi connectivity index (χ0v) is 10.9. The van der Waals surface area contributed by atoms with Gasteiger partial charge in [-0.15, -0.1) is 0 Å². The smallest absolute Gasteiger partial charge is 0.329 e. The second-order valence-electron chi connectivity index (χ2n) is 4.10. The van der Waals surface area contributed by atoms with Crippen LogP contribution in [0.1, 0.15) is 12.8 Å². The van der Waals surface area contributed by atoms with Crippen molar-refractivity contribution in [1.82, 2.24) is 9.97 Å². The van der Waals surface area contributed by atoms with Crippen LogP contribution in [0, 0.1) is 10.1 Å². The first-order valence-corrected chi connectivity index (χ1v) is 7.18. The van der Waals surface area contributed by atoms with Gasteiger partial charge in [-0.1, -0.05) is 0 Å². The van der Waals surface area contributed by atoms with Crippen molar-refractivity contribution in [2.45, 2.75) is 18.9 Å². The molecule has 0 bridgehead atoms. The standard InChI is InChI=1S/C9H14N6O3S/c10-14-9-11-5-7(15(16)17)8(13-9)12-6-1-3-19(18)4-2-6/h5-6H,1-4,10H2,(H2,11,12,13,14). The molecule has 19 heavy (non-hydrogen) atoms. The monoisotopic (exact) mass is 286 g/mol. The molecule has 0 aliphatic carbocycles. The first-order chi connectivity index (χ1) is 9.10. The van der Waals surface area contributed by atoms with Crippen LogP contribution in [0.5, 0.6) is 0 Å². The van der Waals surface area contributed by atoms with E-state index in [9.17, 15) is 14.3 Å². The van der Waals surface area contributed by atoms with Crippen molar-refractivity contribution in [1.29, 1.82) is 0 Å². The molecule has 2 heterocycles. The van der Waals surface area contributed by atoms with Crippen LogP contribution >= 0.6 is 0 Å². The molecule has 104 valence electrons. The summed E-state index contributed by atoms with van der Waals surface area (Å²) >= 11 is 0. The number of nitrogens with zero attached hydrogens (tertiary/aromatic N) is 3. The highest BCUT2D eigenvalue weighted by atomic mass is 32.2. The van der Waals surface area contributed by atoms with Gasteiger partial charge >= 0.3 is 5.69 Å². The largest absolute Gasteiger partial charge is 0.361 e. The molecule has 0 aromatic carbocycles. The van der Waals surface area contributed by atoms with E-state index in [2.05, 4.69) is 20.7 Å². The fraction of sp³-hybridized carbons (Fsp3) is 0.556. The number of nitrogens with one attached hydrogen (secondary N) is 2. The molecule has 4 N–H and O–H groups in total. The van der Waals surface area contributed by atoms with Crippen molar-refractivity contribution in [3.63, 3.8) is 0 Å². The second-order valence-corrected chi connectivity index (χ2v) is 5.79. The average Bonchev–Trinajstić information content (AvgIpc) is 2.41. The first kappa shape index (κ1) is 13.6. The Hall–Kier alpha value is -1.81. The van der Waals surface area contributed by atoms with Crippen LogP contribution in [0.4, 0.5) is 17.5 Å². The number of hydrogen-bond acceptors (Lipinski definition) is 8. The van der Waals surface area contributed by atoms with Gasteiger partial charge in [0.15, 0.2) is 0 Å². The summed E-state index contributed by atoms with van der Waals surface area (Å²) in [7, 11) is -0.778. The van der Waals surface area contributed by atoms with Gasteiger partial charge in [0.25, 0.3) is 0 Å². The number of nitrogen functional groups attached to an aromatic ring is 1. The number of anilines is 2. The van der Waals surface area contributed by atoms with Gasteiger partial charge in [-0.2, -0.15) is 4.98 Å². The Bertz CT molecular complexity index is 501. The number of aromatic nitrogens is 2. The lowest BCUT2D eigenvalue weighted by atomic mass is 10.1. The minimum absolute atomic E-state index is 0.0249. The molecule has 1 saturated heterocycles. The molecular formula is C9H14N6O3S. The maximum Gasteiger partial charge on any atom is 0.329 e. The van der Waals surface area contributed by atoms with E-state index in [0.717, 1.165) is 6.20 Å². The molecular weight excluding hydrogens is 272 g/mol. The summed E-state index contributed by atoms with van der Waals surface area (Å²) in [5.41, 5.74) is 2.04. The van der Waals surface area contributed by atoms with Crippen molar-refractivity contribution in [2.24, 2.45) is 5.84 Å². The average molecular weight is 286 g/mol. The SMILES string of the molecule is NNc1ncc([N+](=O)[O-])c(NC2CCS(=O)CC2)n1. The number of nitrogens with two attached hydrogens (primary N) is 1. The molecule has 2 rings (SSSR count). The molecule has 0 atom stereocenters. The number of hydrazine groups is 1. The lowest BCUT2D eigenvalue weighted by molar-refractivity contribution is -0.384. The van der Waals surface area contributed by atoms with E-state index in [1.54, 1.807) is 0 Å². The summed E-state index contributed by atoms with van der Waals surface area (Å²) in [6, 6.07) is 0.0249. The van der Waals surface area contributed by atoms with E-state index >= 15 is 0 Å². The number of nitro groups is 1. The molecule has 1 fully saturated rings. The third-order valence-corrected chi connectivity index (χ3v) is 4.21. The molecule has 0 unspecified atom stereocenters. The zero-order chi connectivity index (χ0) is 13.8. The molecule has 0 radical (unpaired) electrons. The van der Waals surface area contributed by atoms with Crippen LogP contribution in [0.3, 0.4) is 0 Å². The molecule has 0 amide bonds. The van der Waals surface area contributed by atoms with E-state index < -0.39 is 15.7 Å². The van der Waals surface area contributed by atoms with Crippen LogP contribution in [-0.2, 0) is 10.8 Å². The number of rotatable bonds is 4. The topological polar surface area (TPSA) is 136 Å². The van der Waals surface area contributed by atoms with E-state index in [0.29, 0.717) is 24.3 Å². The summed E-state index contributed by atoms with van der Waals surface area (Å²) in [4.78, 5) is 18.0. The summed E-state index contributed by atoms with van der Waals surface area (Å²) in [5.74, 6) is 6.61. The van der Waals surface area contributed by atoms with Crippen molar-refractivity contribution < 1.29 is 9.13 Å². The first-order valence-electron chi connectivity index (χ1n) is 5.69. The lowest BCUT2D eigenvalue weighted by Gasteiger charge is -2.22. The lowest BCUT2D eigenvalue weighted by Crippen LogP contribution is -2.30. The van der Waals surface area contributed by atoms with Gasteiger partial charge < -0.3 is 5.32 Å². The molecule has 1 aliphatic heterocycles. The fourth-order valence-electron chi connectivity index (χ4n) is 1.82. The summed E-state index contributed by atoms with van der Waals surface area (Å²) in [6.07, 6.45) is 2.49. The molecule has 0 saturated carbocycles. The highest BCUT2D eigenvalue weighted by Crippen LogP contribution is 2.24. The van der Waals surface area contributed by atoms with Gasteiger partial charge in [-0.25, -0.2) is 10.8 Å². The van der Waals surface area contributed by atoms with E-state index in [1.807, 2.05) is 0 Å². The van der Waals surface area contributed by atoms with Crippen LogP contribution in [0.2, 0.25) is 0 Å². The molecule has 10 heteroatoms. The Labute approximate surface area is 111 Å². The quantitative estimate of drug-likeness (QED) is 0.399. The second kappa shape index (κ2) is 5.89. The molecule has 1 aliphatic rings. The molecule has 1 aromatic rings. The van der Waals surface area contributed by atoms with Gasteiger partial charge in [0, 0.05) is 28.3 Å². The Kier molecular flexibility index (Phi) is 4.22. The van der Waals surface area contributed by atoms with Crippen LogP contribution in [-0.4, -0.2) is 36.6 Å². The summed E-state index contributed by atoms with van der Waals surface area (Å²) in [6.45, 7) is 0. The number of hydrogen-bond donors (Lipinski definition) is 3. The highest BCUT2D eigenvalue weighted by Gasteiger charge is 2.23. The van der Waals surface area contributed by atoms with Gasteiger partial charge in [0.1, 0.15) is 6.20 Å². The Morgan fingerprint density at radius 2 is 2.16 bits per heavy atom. The Morgan fingerprint density at radius 1 is 1.47 bits per heavy atom. The van der Waals surface area contributed by atoms with Gasteiger partial charge in [-0.05, 0) is 12.8 Å². The molecule has 9 nitrogen and oxygen atoms in total. The predicted octanol–water partition coefficient (Wildman–Crippen LogP) is -0.00660. The van der Waals surface area contributed by atoms with Crippen molar-refractivity contribution in [3.05, 3.63) is 16.3 Å². The Morgan fingerprint density at radius 3 is 2.74 bits per heavy atom. The van der Waals surface area contributed by atoms with Gasteiger partial charge in [0.05, 0.1) is 4.92 Å². The van der Waals surface area contributed by atoms with Crippen molar-refractivity contribution in [3.8, 4) is 0 Å². The maximum atomic E-state index is 11.3. The normalized spacial score (nSPS) is 22.8. The van der Waals surface area contributed by atoms with Crippen molar-refractivity contribution >= 4 is 28.3 Å². The van der Waals surface area contributed by atoms with E-state index in [1.165, 1.54) is 0 Å². The minimum Gasteiger partial charge on any atom is -0.361 e. The Balaban J connectivity index is 2.17. The third kappa shape index (κ3) is 3.35. The summed E-state index contributed by atoms with van der Waals surface area (Å²) in [5, 5.41) is 13.9. The minimum atomic E-state index is -0.778. The highest BCUT2D eigenvalue weighted by molar-refractivity contribution is 7.85. The van der Waals surface area contributed by atoms with Crippen LogP contribution in [0.15, 0.2) is 6.20 Å². The third-order valence-electron chi connectivity index (χ3n) is 2.82. The zero-order valence-electron chi connectivity index (χ0n) is 10.0.